The molecule has 0 spiro atoms. The summed E-state index contributed by atoms with van der Waals surface area (Å²) < 4.78 is 10.7. The molecule has 0 saturated heterocycles. The van der Waals surface area contributed by atoms with E-state index in [0.29, 0.717) is 28.4 Å². The molecule has 0 unspecified atom stereocenters. The van der Waals surface area contributed by atoms with Crippen LogP contribution in [0, 0.1) is 5.92 Å². The number of hydrogen-bond acceptors (Lipinski definition) is 5. The summed E-state index contributed by atoms with van der Waals surface area (Å²) in [6.45, 7) is -0.217. The lowest BCUT2D eigenvalue weighted by atomic mass is 9.97. The summed E-state index contributed by atoms with van der Waals surface area (Å²) >= 11 is 5.97. The van der Waals surface area contributed by atoms with Crippen LogP contribution in [0.1, 0.15) is 15.9 Å². The largest absolute Gasteiger partial charge is 0.492 e. The Morgan fingerprint density at radius 2 is 1.93 bits per heavy atom. The third-order valence-electron chi connectivity index (χ3n) is 4.27. The molecule has 1 aliphatic heterocycles. The number of ether oxygens (including phenoxy) is 2. The molecule has 2 aromatic carbocycles. The third-order valence-corrected chi connectivity index (χ3v) is 4.50. The number of amides is 2. The molecule has 2 aromatic rings. The van der Waals surface area contributed by atoms with Gasteiger partial charge in [0.1, 0.15) is 12.4 Å². The van der Waals surface area contributed by atoms with Crippen molar-refractivity contribution in [1.82, 2.24) is 5.32 Å². The highest BCUT2D eigenvalue weighted by Gasteiger charge is 2.28. The van der Waals surface area contributed by atoms with Gasteiger partial charge in [0, 0.05) is 23.3 Å². The Balaban J connectivity index is 1.49. The summed E-state index contributed by atoms with van der Waals surface area (Å²) in [7, 11) is 1.54. The normalized spacial score (nSPS) is 15.0. The minimum Gasteiger partial charge on any atom is -0.492 e. The van der Waals surface area contributed by atoms with E-state index in [0.717, 1.165) is 5.56 Å². The van der Waals surface area contributed by atoms with Crippen molar-refractivity contribution >= 4 is 35.1 Å². The fourth-order valence-corrected chi connectivity index (χ4v) is 3.01. The minimum absolute atomic E-state index is 0.191. The van der Waals surface area contributed by atoms with Crippen molar-refractivity contribution in [2.75, 3.05) is 25.6 Å². The van der Waals surface area contributed by atoms with E-state index in [1.165, 1.54) is 7.05 Å². The molecule has 0 fully saturated rings. The topological polar surface area (TPSA) is 93.7 Å². The summed E-state index contributed by atoms with van der Waals surface area (Å²) in [4.78, 5) is 35.7. The first-order valence-electron chi connectivity index (χ1n) is 8.66. The van der Waals surface area contributed by atoms with E-state index in [2.05, 4.69) is 10.6 Å². The SMILES string of the molecule is CNC(=O)c1ccc(NC(=O)COC(=O)[C@H]2COc3ccc(Cl)cc3C2)cc1. The second-order valence-corrected chi connectivity index (χ2v) is 6.71. The molecule has 0 radical (unpaired) electrons. The van der Waals surface area contributed by atoms with Crippen LogP contribution in [0.25, 0.3) is 0 Å². The van der Waals surface area contributed by atoms with E-state index in [1.807, 2.05) is 0 Å². The number of fused-ring (bicyclic) bond motifs is 1. The van der Waals surface area contributed by atoms with Crippen LogP contribution in [0.4, 0.5) is 5.69 Å². The highest BCUT2D eigenvalue weighted by molar-refractivity contribution is 6.30. The lowest BCUT2D eigenvalue weighted by molar-refractivity contribution is -0.152. The number of nitrogens with one attached hydrogen (secondary N) is 2. The molecule has 0 saturated carbocycles. The molecule has 7 nitrogen and oxygen atoms in total. The van der Waals surface area contributed by atoms with Crippen molar-refractivity contribution in [3.63, 3.8) is 0 Å². The van der Waals surface area contributed by atoms with Gasteiger partial charge < -0.3 is 20.1 Å². The monoisotopic (exact) mass is 402 g/mol. The van der Waals surface area contributed by atoms with Crippen LogP contribution in [0.2, 0.25) is 5.02 Å². The lowest BCUT2D eigenvalue weighted by Gasteiger charge is -2.24. The lowest BCUT2D eigenvalue weighted by Crippen LogP contribution is -2.32. The van der Waals surface area contributed by atoms with Crippen LogP contribution in [0.15, 0.2) is 42.5 Å². The first-order valence-corrected chi connectivity index (χ1v) is 9.04. The van der Waals surface area contributed by atoms with Gasteiger partial charge in [0.2, 0.25) is 0 Å². The molecule has 1 aliphatic rings. The predicted octanol–water partition coefficient (Wildman–Crippen LogP) is 2.43. The third kappa shape index (κ3) is 4.80. The molecule has 28 heavy (non-hydrogen) atoms. The number of carbonyl (C=O) groups excluding carboxylic acids is 3. The Kier molecular flexibility index (Phi) is 6.16. The van der Waals surface area contributed by atoms with Gasteiger partial charge in [-0.3, -0.25) is 14.4 Å². The molecule has 0 aromatic heterocycles. The fraction of sp³-hybridized carbons (Fsp3) is 0.250. The van der Waals surface area contributed by atoms with E-state index >= 15 is 0 Å². The number of anilines is 1. The summed E-state index contributed by atoms with van der Waals surface area (Å²) in [5.41, 5.74) is 1.81. The number of benzene rings is 2. The van der Waals surface area contributed by atoms with Crippen LogP contribution >= 0.6 is 11.6 Å². The summed E-state index contributed by atoms with van der Waals surface area (Å²) in [5.74, 6) is -0.988. The van der Waals surface area contributed by atoms with E-state index < -0.39 is 24.4 Å². The van der Waals surface area contributed by atoms with Crippen molar-refractivity contribution in [2.24, 2.45) is 5.92 Å². The van der Waals surface area contributed by atoms with Gasteiger partial charge in [-0.25, -0.2) is 0 Å². The van der Waals surface area contributed by atoms with Crippen molar-refractivity contribution < 1.29 is 23.9 Å². The summed E-state index contributed by atoms with van der Waals surface area (Å²) in [6, 6.07) is 11.6. The maximum absolute atomic E-state index is 12.2. The average Bonchev–Trinajstić information content (AvgIpc) is 2.71. The van der Waals surface area contributed by atoms with Gasteiger partial charge in [0.05, 0.1) is 5.92 Å². The van der Waals surface area contributed by atoms with Crippen LogP contribution in [-0.2, 0) is 20.7 Å². The van der Waals surface area contributed by atoms with Gasteiger partial charge in [-0.15, -0.1) is 0 Å². The maximum atomic E-state index is 12.2. The van der Waals surface area contributed by atoms with Crippen LogP contribution < -0.4 is 15.4 Å². The predicted molar refractivity (Wildman–Crippen MR) is 104 cm³/mol. The van der Waals surface area contributed by atoms with Crippen molar-refractivity contribution in [3.8, 4) is 5.75 Å². The molecule has 0 aliphatic carbocycles. The highest BCUT2D eigenvalue weighted by atomic mass is 35.5. The molecule has 0 bridgehead atoms. The minimum atomic E-state index is -0.504. The number of hydrogen-bond donors (Lipinski definition) is 2. The number of esters is 1. The van der Waals surface area contributed by atoms with E-state index in [-0.39, 0.29) is 12.5 Å². The molecule has 3 rings (SSSR count). The molecule has 2 amide bonds. The summed E-state index contributed by atoms with van der Waals surface area (Å²) in [5, 5.41) is 5.69. The maximum Gasteiger partial charge on any atom is 0.313 e. The quantitative estimate of drug-likeness (QED) is 0.749. The van der Waals surface area contributed by atoms with Crippen LogP contribution in [0.5, 0.6) is 5.75 Å². The van der Waals surface area contributed by atoms with Gasteiger partial charge >= 0.3 is 5.97 Å². The number of halogens is 1. The van der Waals surface area contributed by atoms with Crippen molar-refractivity contribution in [1.29, 1.82) is 0 Å². The zero-order chi connectivity index (χ0) is 20.1. The van der Waals surface area contributed by atoms with Crippen LogP contribution in [0.3, 0.4) is 0 Å². The summed E-state index contributed by atoms with van der Waals surface area (Å²) in [6.07, 6.45) is 0.442. The first kappa shape index (κ1) is 19.7. The Hall–Kier alpha value is -3.06. The molecular weight excluding hydrogens is 384 g/mol. The standard InChI is InChI=1S/C20H19ClN2O5/c1-22-19(25)12-2-5-16(6-3-12)23-18(24)11-28-20(26)14-8-13-9-15(21)4-7-17(13)27-10-14/h2-7,9,14H,8,10-11H2,1H3,(H,22,25)(H,23,24)/t14-/m1/s1. The molecule has 1 heterocycles. The molecule has 146 valence electrons. The van der Waals surface area contributed by atoms with Gasteiger partial charge in [0.15, 0.2) is 6.61 Å². The molecule has 1 atom stereocenters. The zero-order valence-electron chi connectivity index (χ0n) is 15.2. The number of rotatable bonds is 5. The number of carbonyl (C=O) groups is 3. The highest BCUT2D eigenvalue weighted by Crippen LogP contribution is 2.30. The van der Waals surface area contributed by atoms with Crippen LogP contribution in [-0.4, -0.2) is 38.0 Å². The molecule has 8 heteroatoms. The van der Waals surface area contributed by atoms with Gasteiger partial charge in [-0.1, -0.05) is 11.6 Å². The zero-order valence-corrected chi connectivity index (χ0v) is 15.9. The Morgan fingerprint density at radius 3 is 2.64 bits per heavy atom. The first-order chi connectivity index (χ1) is 13.5. The Bertz CT molecular complexity index is 898. The van der Waals surface area contributed by atoms with E-state index in [4.69, 9.17) is 21.1 Å². The van der Waals surface area contributed by atoms with Crippen molar-refractivity contribution in [2.45, 2.75) is 6.42 Å². The van der Waals surface area contributed by atoms with Gasteiger partial charge in [0.25, 0.3) is 11.8 Å². The Morgan fingerprint density at radius 1 is 1.18 bits per heavy atom. The second kappa shape index (κ2) is 8.75. The smallest absolute Gasteiger partial charge is 0.313 e. The Labute approximate surface area is 167 Å². The second-order valence-electron chi connectivity index (χ2n) is 6.28. The molecular formula is C20H19ClN2O5. The molecule has 2 N–H and O–H groups in total. The van der Waals surface area contributed by atoms with E-state index in [1.54, 1.807) is 42.5 Å². The van der Waals surface area contributed by atoms with Gasteiger partial charge in [-0.05, 0) is 54.4 Å². The fourth-order valence-electron chi connectivity index (χ4n) is 2.82. The van der Waals surface area contributed by atoms with Gasteiger partial charge in [-0.2, -0.15) is 0 Å². The van der Waals surface area contributed by atoms with E-state index in [9.17, 15) is 14.4 Å². The average molecular weight is 403 g/mol. The van der Waals surface area contributed by atoms with Crippen molar-refractivity contribution in [3.05, 3.63) is 58.6 Å².